The van der Waals surface area contributed by atoms with E-state index in [0.29, 0.717) is 24.2 Å². The maximum Gasteiger partial charge on any atom is 0.255 e. The Balaban J connectivity index is 1.59. The number of carbonyl (C=O) groups is 2. The van der Waals surface area contributed by atoms with Crippen molar-refractivity contribution in [2.45, 2.75) is 25.9 Å². The van der Waals surface area contributed by atoms with Gasteiger partial charge in [0.2, 0.25) is 5.91 Å². The normalized spacial score (nSPS) is 16.3. The number of fused-ring (bicyclic) bond motifs is 1. The summed E-state index contributed by atoms with van der Waals surface area (Å²) in [5, 5.41) is 6.24. The lowest BCUT2D eigenvalue weighted by Crippen LogP contribution is -2.25. The van der Waals surface area contributed by atoms with E-state index in [9.17, 15) is 9.59 Å². The number of hydrogen-bond acceptors (Lipinski definition) is 3. The molecule has 122 valence electrons. The van der Waals surface area contributed by atoms with Crippen molar-refractivity contribution in [2.24, 2.45) is 0 Å². The van der Waals surface area contributed by atoms with Gasteiger partial charge in [0, 0.05) is 31.6 Å². The Morgan fingerprint density at radius 2 is 1.92 bits per heavy atom. The topological polar surface area (TPSA) is 61.4 Å². The first-order valence-electron chi connectivity index (χ1n) is 8.25. The summed E-state index contributed by atoms with van der Waals surface area (Å²) in [6, 6.07) is 13.3. The van der Waals surface area contributed by atoms with Crippen LogP contribution in [0, 0.1) is 0 Å². The SMILES string of the molecule is O=C(Nc1ccccc1N1CCCC1=O)c1ccc2c(c1)CNC2. The molecule has 1 fully saturated rings. The van der Waals surface area contributed by atoms with E-state index in [4.69, 9.17) is 0 Å². The number of para-hydroxylation sites is 2. The molecule has 0 radical (unpaired) electrons. The fourth-order valence-corrected chi connectivity index (χ4v) is 3.35. The zero-order chi connectivity index (χ0) is 16.5. The lowest BCUT2D eigenvalue weighted by atomic mass is 10.1. The van der Waals surface area contributed by atoms with E-state index in [1.54, 1.807) is 4.90 Å². The molecule has 0 bridgehead atoms. The summed E-state index contributed by atoms with van der Waals surface area (Å²) in [7, 11) is 0. The number of benzene rings is 2. The van der Waals surface area contributed by atoms with E-state index in [1.165, 1.54) is 11.1 Å². The number of amides is 2. The van der Waals surface area contributed by atoms with Crippen LogP contribution < -0.4 is 15.5 Å². The number of hydrogen-bond donors (Lipinski definition) is 2. The van der Waals surface area contributed by atoms with Gasteiger partial charge in [-0.25, -0.2) is 0 Å². The highest BCUT2D eigenvalue weighted by molar-refractivity contribution is 6.08. The predicted molar refractivity (Wildman–Crippen MR) is 93.0 cm³/mol. The average molecular weight is 321 g/mol. The molecule has 2 aliphatic rings. The van der Waals surface area contributed by atoms with Crippen LogP contribution in [0.4, 0.5) is 11.4 Å². The zero-order valence-corrected chi connectivity index (χ0v) is 13.3. The molecule has 0 aliphatic carbocycles. The maximum atomic E-state index is 12.6. The Morgan fingerprint density at radius 3 is 2.75 bits per heavy atom. The van der Waals surface area contributed by atoms with Crippen LogP contribution in [0.1, 0.15) is 34.3 Å². The Bertz CT molecular complexity index is 816. The number of anilines is 2. The molecular weight excluding hydrogens is 302 g/mol. The highest BCUT2D eigenvalue weighted by Crippen LogP contribution is 2.30. The van der Waals surface area contributed by atoms with Crippen molar-refractivity contribution < 1.29 is 9.59 Å². The molecule has 1 saturated heterocycles. The van der Waals surface area contributed by atoms with Crippen LogP contribution in [-0.4, -0.2) is 18.4 Å². The predicted octanol–water partition coefficient (Wildman–Crippen LogP) is 2.67. The largest absolute Gasteiger partial charge is 0.320 e. The van der Waals surface area contributed by atoms with Gasteiger partial charge in [-0.1, -0.05) is 18.2 Å². The molecule has 0 atom stereocenters. The monoisotopic (exact) mass is 321 g/mol. The highest BCUT2D eigenvalue weighted by Gasteiger charge is 2.24. The molecule has 4 rings (SSSR count). The van der Waals surface area contributed by atoms with E-state index >= 15 is 0 Å². The minimum atomic E-state index is -0.149. The van der Waals surface area contributed by atoms with Gasteiger partial charge in [0.25, 0.3) is 5.91 Å². The number of nitrogens with one attached hydrogen (secondary N) is 2. The van der Waals surface area contributed by atoms with Crippen LogP contribution in [0.3, 0.4) is 0 Å². The molecule has 2 aliphatic heterocycles. The van der Waals surface area contributed by atoms with Crippen molar-refractivity contribution >= 4 is 23.2 Å². The van der Waals surface area contributed by atoms with Gasteiger partial charge in [0.15, 0.2) is 0 Å². The minimum Gasteiger partial charge on any atom is -0.320 e. The zero-order valence-electron chi connectivity index (χ0n) is 13.3. The van der Waals surface area contributed by atoms with Gasteiger partial charge in [0.1, 0.15) is 0 Å². The number of rotatable bonds is 3. The van der Waals surface area contributed by atoms with E-state index in [2.05, 4.69) is 10.6 Å². The van der Waals surface area contributed by atoms with E-state index in [0.717, 1.165) is 25.2 Å². The molecule has 2 aromatic carbocycles. The van der Waals surface area contributed by atoms with Crippen LogP contribution in [0.25, 0.3) is 0 Å². The average Bonchev–Trinajstić information content (AvgIpc) is 3.23. The number of carbonyl (C=O) groups excluding carboxylic acids is 2. The van der Waals surface area contributed by atoms with Gasteiger partial charge in [0.05, 0.1) is 11.4 Å². The first kappa shape index (κ1) is 14.9. The summed E-state index contributed by atoms with van der Waals surface area (Å²) in [6.07, 6.45) is 1.43. The van der Waals surface area contributed by atoms with E-state index in [1.807, 2.05) is 42.5 Å². The number of nitrogens with zero attached hydrogens (tertiary/aromatic N) is 1. The Hall–Kier alpha value is -2.66. The van der Waals surface area contributed by atoms with Gasteiger partial charge >= 0.3 is 0 Å². The second-order valence-corrected chi connectivity index (χ2v) is 6.21. The first-order chi connectivity index (χ1) is 11.7. The van der Waals surface area contributed by atoms with Crippen LogP contribution in [0.5, 0.6) is 0 Å². The fourth-order valence-electron chi connectivity index (χ4n) is 3.35. The third-order valence-electron chi connectivity index (χ3n) is 4.62. The highest BCUT2D eigenvalue weighted by atomic mass is 16.2. The minimum absolute atomic E-state index is 0.111. The first-order valence-corrected chi connectivity index (χ1v) is 8.25. The third kappa shape index (κ3) is 2.67. The Kier molecular flexibility index (Phi) is 3.78. The Labute approximate surface area is 140 Å². The smallest absolute Gasteiger partial charge is 0.255 e. The summed E-state index contributed by atoms with van der Waals surface area (Å²) in [5.41, 5.74) is 4.51. The third-order valence-corrected chi connectivity index (χ3v) is 4.62. The van der Waals surface area contributed by atoms with Crippen molar-refractivity contribution in [2.75, 3.05) is 16.8 Å². The van der Waals surface area contributed by atoms with Crippen LogP contribution in [0.15, 0.2) is 42.5 Å². The van der Waals surface area contributed by atoms with Crippen molar-refractivity contribution in [3.8, 4) is 0 Å². The van der Waals surface area contributed by atoms with E-state index in [-0.39, 0.29) is 11.8 Å². The molecule has 2 N–H and O–H groups in total. The molecule has 0 saturated carbocycles. The summed E-state index contributed by atoms with van der Waals surface area (Å²) in [6.45, 7) is 2.36. The summed E-state index contributed by atoms with van der Waals surface area (Å²) < 4.78 is 0. The van der Waals surface area contributed by atoms with Gasteiger partial charge in [-0.15, -0.1) is 0 Å². The lowest BCUT2D eigenvalue weighted by molar-refractivity contribution is -0.117. The van der Waals surface area contributed by atoms with Crippen molar-refractivity contribution in [1.82, 2.24) is 5.32 Å². The van der Waals surface area contributed by atoms with Gasteiger partial charge < -0.3 is 15.5 Å². The molecule has 5 heteroatoms. The molecule has 24 heavy (non-hydrogen) atoms. The van der Waals surface area contributed by atoms with Crippen LogP contribution in [0.2, 0.25) is 0 Å². The van der Waals surface area contributed by atoms with Crippen molar-refractivity contribution in [3.05, 3.63) is 59.2 Å². The lowest BCUT2D eigenvalue weighted by Gasteiger charge is -2.20. The molecule has 2 aromatic rings. The van der Waals surface area contributed by atoms with Gasteiger partial charge in [-0.2, -0.15) is 0 Å². The molecule has 0 aromatic heterocycles. The second kappa shape index (κ2) is 6.09. The molecule has 0 spiro atoms. The Morgan fingerprint density at radius 1 is 1.08 bits per heavy atom. The summed E-state index contributed by atoms with van der Waals surface area (Å²) in [4.78, 5) is 26.4. The maximum absolute atomic E-state index is 12.6. The van der Waals surface area contributed by atoms with Gasteiger partial charge in [-0.05, 0) is 41.8 Å². The fraction of sp³-hybridized carbons (Fsp3) is 0.263. The molecule has 5 nitrogen and oxygen atoms in total. The quantitative estimate of drug-likeness (QED) is 0.914. The van der Waals surface area contributed by atoms with Gasteiger partial charge in [-0.3, -0.25) is 9.59 Å². The molecule has 0 unspecified atom stereocenters. The van der Waals surface area contributed by atoms with Crippen molar-refractivity contribution in [1.29, 1.82) is 0 Å². The van der Waals surface area contributed by atoms with Crippen LogP contribution in [-0.2, 0) is 17.9 Å². The second-order valence-electron chi connectivity index (χ2n) is 6.21. The molecular formula is C19H19N3O2. The standard InChI is InChI=1S/C19H19N3O2/c23-18-6-3-9-22(18)17-5-2-1-4-16(17)21-19(24)13-7-8-14-11-20-12-15(14)10-13/h1-2,4-5,7-8,10,20H,3,6,9,11-12H2,(H,21,24). The van der Waals surface area contributed by atoms with Crippen LogP contribution >= 0.6 is 0 Å². The summed E-state index contributed by atoms with van der Waals surface area (Å²) >= 11 is 0. The molecule has 2 amide bonds. The summed E-state index contributed by atoms with van der Waals surface area (Å²) in [5.74, 6) is -0.0379. The van der Waals surface area contributed by atoms with E-state index < -0.39 is 0 Å². The molecule has 2 heterocycles. The van der Waals surface area contributed by atoms with Crippen molar-refractivity contribution in [3.63, 3.8) is 0 Å².